The number of benzene rings is 2. The standard InChI is InChI=1S/C18H17F3N2O3/c1-22-17(24)12-5-6-13-11-23(7-8-25-16(13)9-12)14-3-2-4-15(10-14)26-18(19,20)21/h2-6,9-10H,7-8,11H2,1H3,(H,22,24). The number of halogens is 3. The van der Waals surface area contributed by atoms with Crippen molar-refractivity contribution in [2.75, 3.05) is 25.1 Å². The van der Waals surface area contributed by atoms with Crippen molar-refractivity contribution < 1.29 is 27.4 Å². The predicted molar refractivity (Wildman–Crippen MR) is 89.5 cm³/mol. The van der Waals surface area contributed by atoms with Crippen molar-refractivity contribution in [2.45, 2.75) is 12.9 Å². The summed E-state index contributed by atoms with van der Waals surface area (Å²) in [6.45, 7) is 1.27. The van der Waals surface area contributed by atoms with E-state index in [0.717, 1.165) is 5.56 Å². The Morgan fingerprint density at radius 3 is 2.77 bits per heavy atom. The summed E-state index contributed by atoms with van der Waals surface area (Å²) in [6, 6.07) is 11.0. The van der Waals surface area contributed by atoms with Gasteiger partial charge in [0.25, 0.3) is 5.91 Å². The van der Waals surface area contributed by atoms with Crippen molar-refractivity contribution in [1.29, 1.82) is 0 Å². The van der Waals surface area contributed by atoms with Crippen LogP contribution in [0.25, 0.3) is 0 Å². The third-order valence-corrected chi connectivity index (χ3v) is 3.95. The van der Waals surface area contributed by atoms with E-state index in [4.69, 9.17) is 4.74 Å². The lowest BCUT2D eigenvalue weighted by Crippen LogP contribution is -2.25. The number of anilines is 1. The average molecular weight is 366 g/mol. The van der Waals surface area contributed by atoms with Gasteiger partial charge in [0.05, 0.1) is 6.54 Å². The van der Waals surface area contributed by atoms with Crippen molar-refractivity contribution in [2.24, 2.45) is 0 Å². The van der Waals surface area contributed by atoms with Crippen LogP contribution in [0, 0.1) is 0 Å². The average Bonchev–Trinajstić information content (AvgIpc) is 2.81. The fourth-order valence-electron chi connectivity index (χ4n) is 2.75. The number of alkyl halides is 3. The molecule has 138 valence electrons. The molecule has 0 saturated heterocycles. The second-order valence-electron chi connectivity index (χ2n) is 5.72. The zero-order valence-electron chi connectivity index (χ0n) is 14.0. The number of nitrogens with zero attached hydrogens (tertiary/aromatic N) is 1. The number of fused-ring (bicyclic) bond motifs is 1. The van der Waals surface area contributed by atoms with Gasteiger partial charge in [0.1, 0.15) is 18.1 Å². The fourth-order valence-corrected chi connectivity index (χ4v) is 2.75. The van der Waals surface area contributed by atoms with Crippen LogP contribution in [0.3, 0.4) is 0 Å². The number of rotatable bonds is 3. The summed E-state index contributed by atoms with van der Waals surface area (Å²) in [4.78, 5) is 13.6. The number of carbonyl (C=O) groups excluding carboxylic acids is 1. The van der Waals surface area contributed by atoms with Crippen molar-refractivity contribution in [3.05, 3.63) is 53.6 Å². The maximum Gasteiger partial charge on any atom is 0.573 e. The minimum atomic E-state index is -4.73. The van der Waals surface area contributed by atoms with Crippen LogP contribution >= 0.6 is 0 Å². The molecule has 1 aliphatic rings. The molecule has 0 unspecified atom stereocenters. The molecule has 0 bridgehead atoms. The Labute approximate surface area is 148 Å². The second-order valence-corrected chi connectivity index (χ2v) is 5.72. The minimum Gasteiger partial charge on any atom is -0.491 e. The molecule has 0 fully saturated rings. The molecule has 1 aliphatic heterocycles. The topological polar surface area (TPSA) is 50.8 Å². The van der Waals surface area contributed by atoms with Crippen molar-refractivity contribution in [1.82, 2.24) is 5.32 Å². The normalized spacial score (nSPS) is 14.1. The van der Waals surface area contributed by atoms with E-state index in [-0.39, 0.29) is 11.7 Å². The van der Waals surface area contributed by atoms with Crippen molar-refractivity contribution >= 4 is 11.6 Å². The molecule has 26 heavy (non-hydrogen) atoms. The van der Waals surface area contributed by atoms with Crippen LogP contribution in [-0.2, 0) is 6.54 Å². The molecule has 8 heteroatoms. The van der Waals surface area contributed by atoms with Crippen LogP contribution in [-0.4, -0.2) is 32.5 Å². The third kappa shape index (κ3) is 4.19. The maximum absolute atomic E-state index is 12.4. The number of ether oxygens (including phenoxy) is 2. The number of hydrogen-bond acceptors (Lipinski definition) is 4. The Bertz CT molecular complexity index is 809. The zero-order valence-corrected chi connectivity index (χ0v) is 14.0. The lowest BCUT2D eigenvalue weighted by atomic mass is 10.1. The SMILES string of the molecule is CNC(=O)c1ccc2c(c1)OCCN(c1cccc(OC(F)(F)F)c1)C2. The molecule has 1 amide bonds. The summed E-state index contributed by atoms with van der Waals surface area (Å²) in [6.07, 6.45) is -4.73. The molecule has 3 rings (SSSR count). The van der Waals surface area contributed by atoms with E-state index < -0.39 is 6.36 Å². The van der Waals surface area contributed by atoms with Gasteiger partial charge in [-0.1, -0.05) is 12.1 Å². The molecule has 0 radical (unpaired) electrons. The Balaban J connectivity index is 1.83. The van der Waals surface area contributed by atoms with E-state index in [0.29, 0.717) is 36.7 Å². The Kier molecular flexibility index (Phi) is 4.92. The Hall–Kier alpha value is -2.90. The molecule has 0 spiro atoms. The van der Waals surface area contributed by atoms with E-state index in [9.17, 15) is 18.0 Å². The maximum atomic E-state index is 12.4. The summed E-state index contributed by atoms with van der Waals surface area (Å²) in [5.74, 6) is 0.112. The first-order chi connectivity index (χ1) is 12.4. The third-order valence-electron chi connectivity index (χ3n) is 3.95. The van der Waals surface area contributed by atoms with Gasteiger partial charge in [-0.2, -0.15) is 0 Å². The van der Waals surface area contributed by atoms with E-state index >= 15 is 0 Å². The van der Waals surface area contributed by atoms with Gasteiger partial charge in [0, 0.05) is 36.5 Å². The van der Waals surface area contributed by atoms with E-state index in [1.165, 1.54) is 18.2 Å². The summed E-state index contributed by atoms with van der Waals surface area (Å²) in [7, 11) is 1.55. The molecular weight excluding hydrogens is 349 g/mol. The summed E-state index contributed by atoms with van der Waals surface area (Å²) < 4.78 is 47.0. The Morgan fingerprint density at radius 1 is 1.23 bits per heavy atom. The number of amides is 1. The highest BCUT2D eigenvalue weighted by Crippen LogP contribution is 2.30. The summed E-state index contributed by atoms with van der Waals surface area (Å²) >= 11 is 0. The second kappa shape index (κ2) is 7.15. The fraction of sp³-hybridized carbons (Fsp3) is 0.278. The molecule has 0 atom stereocenters. The Morgan fingerprint density at radius 2 is 2.04 bits per heavy atom. The summed E-state index contributed by atoms with van der Waals surface area (Å²) in [5, 5.41) is 2.55. The highest BCUT2D eigenvalue weighted by Gasteiger charge is 2.31. The van der Waals surface area contributed by atoms with Gasteiger partial charge < -0.3 is 19.7 Å². The number of nitrogens with one attached hydrogen (secondary N) is 1. The monoisotopic (exact) mass is 366 g/mol. The lowest BCUT2D eigenvalue weighted by Gasteiger charge is -2.23. The van der Waals surface area contributed by atoms with Gasteiger partial charge >= 0.3 is 6.36 Å². The van der Waals surface area contributed by atoms with E-state index in [2.05, 4.69) is 10.1 Å². The van der Waals surface area contributed by atoms with Crippen LogP contribution in [0.1, 0.15) is 15.9 Å². The molecule has 2 aromatic rings. The molecule has 0 aliphatic carbocycles. The van der Waals surface area contributed by atoms with Gasteiger partial charge in [-0.25, -0.2) is 0 Å². The zero-order chi connectivity index (χ0) is 18.7. The number of carbonyl (C=O) groups is 1. The molecule has 1 N–H and O–H groups in total. The van der Waals surface area contributed by atoms with Gasteiger partial charge in [-0.3, -0.25) is 4.79 Å². The molecular formula is C18H17F3N2O3. The minimum absolute atomic E-state index is 0.213. The first-order valence-corrected chi connectivity index (χ1v) is 7.94. The smallest absolute Gasteiger partial charge is 0.491 e. The van der Waals surface area contributed by atoms with Gasteiger partial charge in [-0.05, 0) is 24.3 Å². The van der Waals surface area contributed by atoms with E-state index in [1.807, 2.05) is 4.90 Å². The number of hydrogen-bond donors (Lipinski definition) is 1. The quantitative estimate of drug-likeness (QED) is 0.905. The van der Waals surface area contributed by atoms with Crippen molar-refractivity contribution in [3.63, 3.8) is 0 Å². The van der Waals surface area contributed by atoms with Gasteiger partial charge in [0.2, 0.25) is 0 Å². The van der Waals surface area contributed by atoms with Gasteiger partial charge in [-0.15, -0.1) is 13.2 Å². The highest BCUT2D eigenvalue weighted by atomic mass is 19.4. The molecule has 2 aromatic carbocycles. The molecule has 0 saturated carbocycles. The predicted octanol–water partition coefficient (Wildman–Crippen LogP) is 3.34. The lowest BCUT2D eigenvalue weighted by molar-refractivity contribution is -0.274. The van der Waals surface area contributed by atoms with Crippen LogP contribution in [0.2, 0.25) is 0 Å². The highest BCUT2D eigenvalue weighted by molar-refractivity contribution is 5.94. The van der Waals surface area contributed by atoms with Gasteiger partial charge in [0.15, 0.2) is 0 Å². The molecule has 0 aromatic heterocycles. The first kappa shape index (κ1) is 17.9. The van der Waals surface area contributed by atoms with Crippen LogP contribution in [0.5, 0.6) is 11.5 Å². The molecule has 5 nitrogen and oxygen atoms in total. The van der Waals surface area contributed by atoms with Crippen LogP contribution in [0.15, 0.2) is 42.5 Å². The summed E-state index contributed by atoms with van der Waals surface area (Å²) in [5.41, 5.74) is 1.93. The van der Waals surface area contributed by atoms with Crippen molar-refractivity contribution in [3.8, 4) is 11.5 Å². The van der Waals surface area contributed by atoms with Crippen LogP contribution < -0.4 is 19.7 Å². The first-order valence-electron chi connectivity index (χ1n) is 7.94. The van der Waals surface area contributed by atoms with E-state index in [1.54, 1.807) is 31.3 Å². The van der Waals surface area contributed by atoms with Crippen LogP contribution in [0.4, 0.5) is 18.9 Å². The largest absolute Gasteiger partial charge is 0.573 e. The molecule has 1 heterocycles.